The zero-order chi connectivity index (χ0) is 31.8. The van der Waals surface area contributed by atoms with Crippen LogP contribution < -0.4 is 15.4 Å². The van der Waals surface area contributed by atoms with Gasteiger partial charge in [-0.1, -0.05) is 106 Å². The Labute approximate surface area is 273 Å². The third-order valence-corrected chi connectivity index (χ3v) is 11.3. The predicted octanol–water partition coefficient (Wildman–Crippen LogP) is 7.61. The van der Waals surface area contributed by atoms with E-state index in [0.717, 1.165) is 36.9 Å². The molecule has 6 rings (SSSR count). The Morgan fingerprint density at radius 3 is 2.15 bits per heavy atom. The molecule has 0 saturated heterocycles. The van der Waals surface area contributed by atoms with Crippen molar-refractivity contribution in [1.82, 2.24) is 15.6 Å². The number of ether oxygens (including phenoxy) is 1. The van der Waals surface area contributed by atoms with Crippen molar-refractivity contribution in [3.63, 3.8) is 0 Å². The van der Waals surface area contributed by atoms with Crippen LogP contribution in [0.1, 0.15) is 97.1 Å². The van der Waals surface area contributed by atoms with Gasteiger partial charge in [0.2, 0.25) is 9.84 Å². The normalized spacial score (nSPS) is 17.0. The van der Waals surface area contributed by atoms with Crippen LogP contribution in [-0.4, -0.2) is 25.9 Å². The molecule has 0 radical (unpaired) electrons. The highest BCUT2D eigenvalue weighted by Crippen LogP contribution is 2.39. The average Bonchev–Trinajstić information content (AvgIpc) is 3.52. The number of carbonyl (C=O) groups excluding carboxylic acids is 1. The van der Waals surface area contributed by atoms with Crippen LogP contribution in [0.15, 0.2) is 94.7 Å². The summed E-state index contributed by atoms with van der Waals surface area (Å²) in [6, 6.07) is 25.1. The molecule has 1 aliphatic heterocycles. The number of benzene rings is 3. The van der Waals surface area contributed by atoms with Gasteiger partial charge in [-0.05, 0) is 59.9 Å². The molecule has 46 heavy (non-hydrogen) atoms. The molecule has 7 nitrogen and oxygen atoms in total. The predicted molar refractivity (Wildman–Crippen MR) is 181 cm³/mol. The molecule has 2 aliphatic rings. The summed E-state index contributed by atoms with van der Waals surface area (Å²) in [6.07, 6.45) is 13.4. The largest absolute Gasteiger partial charge is 0.488 e. The number of carbonyl (C=O) groups is 1. The van der Waals surface area contributed by atoms with E-state index in [0.29, 0.717) is 18.0 Å². The first-order chi connectivity index (χ1) is 22.4. The summed E-state index contributed by atoms with van der Waals surface area (Å²) in [5, 5.41) is 6.91. The summed E-state index contributed by atoms with van der Waals surface area (Å²) in [4.78, 5) is 17.1. The van der Waals surface area contributed by atoms with Crippen molar-refractivity contribution in [3.8, 4) is 5.75 Å². The molecular formula is C38H45N3O4S. The molecule has 2 heterocycles. The van der Waals surface area contributed by atoms with E-state index in [9.17, 15) is 13.2 Å². The van der Waals surface area contributed by atoms with Gasteiger partial charge in [0.1, 0.15) is 22.9 Å². The number of H-pyrrole nitrogens is 1. The molecular weight excluding hydrogens is 595 g/mol. The molecule has 8 heteroatoms. The van der Waals surface area contributed by atoms with Crippen LogP contribution in [0.25, 0.3) is 0 Å². The Balaban J connectivity index is 1.11. The lowest BCUT2D eigenvalue weighted by Gasteiger charge is -2.39. The SMILES string of the molecule is O=C(NCc1ccc(S(=O)(=O)c2ccccc2OCc2ccccc2)cc1)c1cc2c([nH]1)CCNC21CCCCCCCCCC1. The maximum absolute atomic E-state index is 13.6. The van der Waals surface area contributed by atoms with Crippen LogP contribution >= 0.6 is 0 Å². The first-order valence-corrected chi connectivity index (χ1v) is 18.3. The topological polar surface area (TPSA) is 100 Å². The van der Waals surface area contributed by atoms with E-state index in [4.69, 9.17) is 4.74 Å². The fraction of sp³-hybridized carbons (Fsp3) is 0.395. The van der Waals surface area contributed by atoms with Crippen LogP contribution in [0.2, 0.25) is 0 Å². The van der Waals surface area contributed by atoms with Gasteiger partial charge in [-0.2, -0.15) is 0 Å². The zero-order valence-electron chi connectivity index (χ0n) is 26.5. The number of hydrogen-bond acceptors (Lipinski definition) is 5. The molecule has 1 fully saturated rings. The highest BCUT2D eigenvalue weighted by molar-refractivity contribution is 7.91. The molecule has 1 saturated carbocycles. The number of sulfone groups is 1. The minimum absolute atomic E-state index is 0.0561. The van der Waals surface area contributed by atoms with E-state index in [1.54, 1.807) is 48.5 Å². The lowest BCUT2D eigenvalue weighted by atomic mass is 9.78. The maximum atomic E-state index is 13.6. The highest BCUT2D eigenvalue weighted by Gasteiger charge is 2.37. The number of aromatic amines is 1. The van der Waals surface area contributed by atoms with Crippen molar-refractivity contribution in [2.75, 3.05) is 6.54 Å². The third kappa shape index (κ3) is 7.39. The highest BCUT2D eigenvalue weighted by atomic mass is 32.2. The summed E-state index contributed by atoms with van der Waals surface area (Å²) in [7, 11) is -3.82. The first-order valence-electron chi connectivity index (χ1n) is 16.8. The molecule has 3 N–H and O–H groups in total. The fourth-order valence-corrected chi connectivity index (χ4v) is 8.37. The molecule has 3 aromatic carbocycles. The minimum atomic E-state index is -3.82. The smallest absolute Gasteiger partial charge is 0.267 e. The summed E-state index contributed by atoms with van der Waals surface area (Å²) in [5.41, 5.74) is 4.76. The Bertz CT molecular complexity index is 1700. The zero-order valence-corrected chi connectivity index (χ0v) is 27.3. The minimum Gasteiger partial charge on any atom is -0.488 e. The number of amides is 1. The van der Waals surface area contributed by atoms with E-state index < -0.39 is 9.84 Å². The third-order valence-electron chi connectivity index (χ3n) is 9.52. The van der Waals surface area contributed by atoms with Crippen LogP contribution in [0.3, 0.4) is 0 Å². The van der Waals surface area contributed by atoms with Gasteiger partial charge >= 0.3 is 0 Å². The van der Waals surface area contributed by atoms with Crippen LogP contribution in [0.5, 0.6) is 5.75 Å². The Kier molecular flexibility index (Phi) is 10.2. The number of aromatic nitrogens is 1. The average molecular weight is 640 g/mol. The maximum Gasteiger partial charge on any atom is 0.267 e. The standard InChI is InChI=1S/C38H45N3O4S/c42-37(34-26-32-33(41-34)22-25-40-38(32)23-12-5-3-1-2-4-6-13-24-38)39-27-29-18-20-31(21-19-29)46(43,44)36-17-11-10-16-35(36)45-28-30-14-8-7-9-15-30/h7-11,14-21,26,40-41H,1-6,12-13,22-25,27-28H2,(H,39,42). The van der Waals surface area contributed by atoms with E-state index in [2.05, 4.69) is 21.7 Å². The van der Waals surface area contributed by atoms with Gasteiger partial charge in [0.05, 0.1) is 4.90 Å². The quantitative estimate of drug-likeness (QED) is 0.184. The van der Waals surface area contributed by atoms with Crippen LogP contribution in [0.4, 0.5) is 0 Å². The second-order valence-electron chi connectivity index (χ2n) is 12.7. The number of nitrogens with one attached hydrogen (secondary N) is 3. The van der Waals surface area contributed by atoms with Crippen molar-refractivity contribution in [3.05, 3.63) is 113 Å². The summed E-state index contributed by atoms with van der Waals surface area (Å²) in [5.74, 6) is 0.164. The Morgan fingerprint density at radius 2 is 1.43 bits per heavy atom. The van der Waals surface area contributed by atoms with Crippen LogP contribution in [0, 0.1) is 0 Å². The van der Waals surface area contributed by atoms with Crippen molar-refractivity contribution < 1.29 is 17.9 Å². The van der Waals surface area contributed by atoms with E-state index >= 15 is 0 Å². The van der Waals surface area contributed by atoms with Crippen molar-refractivity contribution in [1.29, 1.82) is 0 Å². The molecule has 0 bridgehead atoms. The first kappa shape index (κ1) is 32.1. The summed E-state index contributed by atoms with van der Waals surface area (Å²) < 4.78 is 33.1. The van der Waals surface area contributed by atoms with E-state index in [1.807, 2.05) is 30.3 Å². The number of para-hydroxylation sites is 1. The lowest BCUT2D eigenvalue weighted by molar-refractivity contribution is 0.0946. The van der Waals surface area contributed by atoms with Gasteiger partial charge in [0.25, 0.3) is 5.91 Å². The van der Waals surface area contributed by atoms with Gasteiger partial charge < -0.3 is 20.4 Å². The van der Waals surface area contributed by atoms with Gasteiger partial charge in [-0.15, -0.1) is 0 Å². The molecule has 1 spiro atoms. The number of rotatable bonds is 8. The Hall–Kier alpha value is -3.88. The molecule has 4 aromatic rings. The lowest BCUT2D eigenvalue weighted by Crippen LogP contribution is -2.47. The van der Waals surface area contributed by atoms with Crippen molar-refractivity contribution in [2.24, 2.45) is 0 Å². The second-order valence-corrected chi connectivity index (χ2v) is 14.6. The number of fused-ring (bicyclic) bond motifs is 2. The van der Waals surface area contributed by atoms with Crippen LogP contribution in [-0.2, 0) is 34.9 Å². The molecule has 0 unspecified atom stereocenters. The molecule has 242 valence electrons. The molecule has 0 atom stereocenters. The molecule has 1 amide bonds. The second kappa shape index (κ2) is 14.7. The molecule has 1 aromatic heterocycles. The number of hydrogen-bond donors (Lipinski definition) is 3. The van der Waals surface area contributed by atoms with E-state index in [1.165, 1.54) is 62.6 Å². The monoisotopic (exact) mass is 639 g/mol. The Morgan fingerprint density at radius 1 is 0.783 bits per heavy atom. The van der Waals surface area contributed by atoms with E-state index in [-0.39, 0.29) is 27.8 Å². The van der Waals surface area contributed by atoms with Gasteiger partial charge in [0, 0.05) is 30.7 Å². The van der Waals surface area contributed by atoms with Gasteiger partial charge in [-0.25, -0.2) is 8.42 Å². The van der Waals surface area contributed by atoms with Gasteiger partial charge in [0.15, 0.2) is 0 Å². The van der Waals surface area contributed by atoms with Crippen molar-refractivity contribution in [2.45, 2.75) is 99.1 Å². The summed E-state index contributed by atoms with van der Waals surface area (Å²) in [6.45, 7) is 1.49. The van der Waals surface area contributed by atoms with Crippen molar-refractivity contribution >= 4 is 15.7 Å². The summed E-state index contributed by atoms with van der Waals surface area (Å²) >= 11 is 0. The fourth-order valence-electron chi connectivity index (χ4n) is 6.97. The van der Waals surface area contributed by atoms with Gasteiger partial charge in [-0.3, -0.25) is 4.79 Å². The molecule has 1 aliphatic carbocycles.